The molecule has 6 nitrogen and oxygen atoms in total. The van der Waals surface area contributed by atoms with Crippen molar-refractivity contribution in [2.24, 2.45) is 4.99 Å². The number of nitrogens with one attached hydrogen (secondary N) is 2. The Labute approximate surface area is 128 Å². The van der Waals surface area contributed by atoms with E-state index in [0.29, 0.717) is 28.7 Å². The van der Waals surface area contributed by atoms with Crippen molar-refractivity contribution in [2.75, 3.05) is 18.7 Å². The van der Waals surface area contributed by atoms with Gasteiger partial charge in [-0.25, -0.2) is 4.99 Å². The molecule has 0 aromatic heterocycles. The van der Waals surface area contributed by atoms with Crippen LogP contribution >= 0.6 is 11.8 Å². The Bertz CT molecular complexity index is 567. The molecule has 0 aliphatic carbocycles. The first-order chi connectivity index (χ1) is 10.1. The quantitative estimate of drug-likeness (QED) is 0.378. The maximum atomic E-state index is 11.6. The second kappa shape index (κ2) is 8.87. The minimum atomic E-state index is -0.0528. The van der Waals surface area contributed by atoms with E-state index in [9.17, 15) is 4.79 Å². The van der Waals surface area contributed by atoms with Gasteiger partial charge in [0, 0.05) is 12.5 Å². The van der Waals surface area contributed by atoms with E-state index in [1.54, 1.807) is 18.2 Å². The van der Waals surface area contributed by atoms with Crippen molar-refractivity contribution >= 4 is 34.2 Å². The zero-order valence-corrected chi connectivity index (χ0v) is 13.1. The van der Waals surface area contributed by atoms with Crippen molar-refractivity contribution in [3.63, 3.8) is 0 Å². The molecule has 1 amide bonds. The highest BCUT2D eigenvalue weighted by Crippen LogP contribution is 2.30. The lowest BCUT2D eigenvalue weighted by molar-refractivity contribution is -0.116. The molecular weight excluding hydrogens is 288 g/mol. The van der Waals surface area contributed by atoms with Gasteiger partial charge in [-0.1, -0.05) is 18.7 Å². The molecule has 0 heterocycles. The number of carbonyl (C=O) groups is 1. The highest BCUT2D eigenvalue weighted by atomic mass is 32.2. The predicted molar refractivity (Wildman–Crippen MR) is 85.9 cm³/mol. The molecule has 0 fully saturated rings. The summed E-state index contributed by atoms with van der Waals surface area (Å²) in [5, 5.41) is 14.4. The molecule has 0 bridgehead atoms. The third-order valence-electron chi connectivity index (χ3n) is 2.52. The largest absolute Gasteiger partial charge is 0.494 e. The van der Waals surface area contributed by atoms with Crippen molar-refractivity contribution in [2.45, 2.75) is 19.8 Å². The first-order valence-corrected chi connectivity index (χ1v) is 7.62. The average molecular weight is 306 g/mol. The molecule has 2 N–H and O–H groups in total. The highest BCUT2D eigenvalue weighted by molar-refractivity contribution is 8.13. The van der Waals surface area contributed by atoms with E-state index in [2.05, 4.69) is 15.6 Å². The number of nitriles is 1. The van der Waals surface area contributed by atoms with E-state index in [4.69, 9.17) is 10.00 Å². The van der Waals surface area contributed by atoms with Crippen LogP contribution in [0.2, 0.25) is 0 Å². The molecule has 7 heteroatoms. The number of methoxy groups -OCH3 is 1. The van der Waals surface area contributed by atoms with E-state index >= 15 is 0 Å². The van der Waals surface area contributed by atoms with Crippen molar-refractivity contribution in [3.8, 4) is 11.9 Å². The normalized spacial score (nSPS) is 10.7. The van der Waals surface area contributed by atoms with Gasteiger partial charge in [-0.2, -0.15) is 5.26 Å². The molecule has 0 saturated carbocycles. The van der Waals surface area contributed by atoms with Gasteiger partial charge >= 0.3 is 0 Å². The van der Waals surface area contributed by atoms with Gasteiger partial charge in [-0.05, 0) is 24.8 Å². The Hall–Kier alpha value is -2.20. The molecule has 0 atom stereocenters. The van der Waals surface area contributed by atoms with Crippen LogP contribution < -0.4 is 15.4 Å². The summed E-state index contributed by atoms with van der Waals surface area (Å²) < 4.78 is 5.26. The van der Waals surface area contributed by atoms with Gasteiger partial charge in [0.1, 0.15) is 5.75 Å². The number of anilines is 1. The van der Waals surface area contributed by atoms with Crippen LogP contribution in [0.15, 0.2) is 23.2 Å². The van der Waals surface area contributed by atoms with Crippen LogP contribution in [0.1, 0.15) is 19.8 Å². The first-order valence-electron chi connectivity index (χ1n) is 6.40. The van der Waals surface area contributed by atoms with Crippen molar-refractivity contribution < 1.29 is 9.53 Å². The number of amides is 1. The van der Waals surface area contributed by atoms with Gasteiger partial charge in [0.25, 0.3) is 0 Å². The van der Waals surface area contributed by atoms with Gasteiger partial charge in [0.05, 0.1) is 18.5 Å². The Morgan fingerprint density at radius 2 is 2.29 bits per heavy atom. The fourth-order valence-electron chi connectivity index (χ4n) is 1.58. The van der Waals surface area contributed by atoms with Crippen molar-refractivity contribution in [1.82, 2.24) is 5.32 Å². The summed E-state index contributed by atoms with van der Waals surface area (Å²) in [4.78, 5) is 15.9. The smallest absolute Gasteiger partial charge is 0.224 e. The number of carbonyl (C=O) groups excluding carboxylic acids is 1. The summed E-state index contributed by atoms with van der Waals surface area (Å²) in [5.41, 5.74) is 1.24. The van der Waals surface area contributed by atoms with Crippen LogP contribution in [-0.4, -0.2) is 24.4 Å². The monoisotopic (exact) mass is 306 g/mol. The molecule has 0 aliphatic rings. The summed E-state index contributed by atoms with van der Waals surface area (Å²) in [5.74, 6) is 0.473. The van der Waals surface area contributed by atoms with E-state index < -0.39 is 0 Å². The number of hydrogen-bond acceptors (Lipinski definition) is 5. The van der Waals surface area contributed by atoms with Gasteiger partial charge in [-0.3, -0.25) is 10.1 Å². The standard InChI is InChI=1S/C14H18N4O2S/c1-4-5-13(19)18-11-7-6-10(8-12(11)20-2)17-14(21-3)16-9-15/h6-8H,4-5H2,1-3H3,(H,16,17)(H,18,19). The Morgan fingerprint density at radius 3 is 2.86 bits per heavy atom. The summed E-state index contributed by atoms with van der Waals surface area (Å²) >= 11 is 1.33. The minimum Gasteiger partial charge on any atom is -0.494 e. The molecule has 112 valence electrons. The summed E-state index contributed by atoms with van der Waals surface area (Å²) in [7, 11) is 1.53. The van der Waals surface area contributed by atoms with Crippen molar-refractivity contribution in [1.29, 1.82) is 5.26 Å². The third-order valence-corrected chi connectivity index (χ3v) is 3.10. The van der Waals surface area contributed by atoms with Crippen LogP contribution in [0.3, 0.4) is 0 Å². The number of nitrogens with zero attached hydrogens (tertiary/aromatic N) is 2. The minimum absolute atomic E-state index is 0.0528. The highest BCUT2D eigenvalue weighted by Gasteiger charge is 2.08. The lowest BCUT2D eigenvalue weighted by Gasteiger charge is -2.10. The summed E-state index contributed by atoms with van der Waals surface area (Å²) in [6.07, 6.45) is 4.90. The van der Waals surface area contributed by atoms with Crippen LogP contribution in [0.4, 0.5) is 11.4 Å². The Balaban J connectivity index is 2.98. The van der Waals surface area contributed by atoms with E-state index in [-0.39, 0.29) is 5.91 Å². The zero-order valence-electron chi connectivity index (χ0n) is 12.3. The second-order valence-corrected chi connectivity index (χ2v) is 4.84. The SMILES string of the molecule is CCCC(=O)Nc1ccc(N=C(NC#N)SC)cc1OC. The van der Waals surface area contributed by atoms with Crippen LogP contribution in [0, 0.1) is 11.5 Å². The number of hydrogen-bond donors (Lipinski definition) is 2. The molecule has 0 unspecified atom stereocenters. The molecular formula is C14H18N4O2S. The number of aliphatic imine (C=N–C) groups is 1. The molecule has 0 aliphatic heterocycles. The zero-order chi connectivity index (χ0) is 15.7. The Morgan fingerprint density at radius 1 is 1.52 bits per heavy atom. The third kappa shape index (κ3) is 5.36. The van der Waals surface area contributed by atoms with Crippen LogP contribution in [0.5, 0.6) is 5.75 Å². The molecule has 1 aromatic carbocycles. The summed E-state index contributed by atoms with van der Waals surface area (Å²) in [6, 6.07) is 5.19. The topological polar surface area (TPSA) is 86.5 Å². The van der Waals surface area contributed by atoms with Gasteiger partial charge in [0.2, 0.25) is 5.91 Å². The molecule has 0 radical (unpaired) electrons. The first kappa shape index (κ1) is 16.9. The molecule has 0 spiro atoms. The number of amidine groups is 1. The van der Waals surface area contributed by atoms with E-state index in [0.717, 1.165) is 6.42 Å². The number of rotatable bonds is 5. The fourth-order valence-corrected chi connectivity index (χ4v) is 1.93. The second-order valence-electron chi connectivity index (χ2n) is 4.04. The lowest BCUT2D eigenvalue weighted by atomic mass is 10.2. The maximum Gasteiger partial charge on any atom is 0.224 e. The lowest BCUT2D eigenvalue weighted by Crippen LogP contribution is -2.12. The number of ether oxygens (including phenoxy) is 1. The average Bonchev–Trinajstić information content (AvgIpc) is 2.48. The predicted octanol–water partition coefficient (Wildman–Crippen LogP) is 2.85. The molecule has 1 aromatic rings. The maximum absolute atomic E-state index is 11.6. The molecule has 0 saturated heterocycles. The van der Waals surface area contributed by atoms with Gasteiger partial charge in [0.15, 0.2) is 11.4 Å². The van der Waals surface area contributed by atoms with Gasteiger partial charge < -0.3 is 10.1 Å². The van der Waals surface area contributed by atoms with Gasteiger partial charge in [-0.15, -0.1) is 0 Å². The van der Waals surface area contributed by atoms with Crippen LogP contribution in [0.25, 0.3) is 0 Å². The van der Waals surface area contributed by atoms with E-state index in [1.807, 2.05) is 19.4 Å². The summed E-state index contributed by atoms with van der Waals surface area (Å²) in [6.45, 7) is 1.95. The molecule has 1 rings (SSSR count). The molecule has 21 heavy (non-hydrogen) atoms. The number of thioether (sulfide) groups is 1. The van der Waals surface area contributed by atoms with Crippen LogP contribution in [-0.2, 0) is 4.79 Å². The fraction of sp³-hybridized carbons (Fsp3) is 0.357. The van der Waals surface area contributed by atoms with Crippen molar-refractivity contribution in [3.05, 3.63) is 18.2 Å². The Kier molecular flexibility index (Phi) is 7.12. The number of benzene rings is 1. The van der Waals surface area contributed by atoms with E-state index in [1.165, 1.54) is 18.9 Å².